The molecule has 1 atom stereocenters. The summed E-state index contributed by atoms with van der Waals surface area (Å²) in [6.45, 7) is 8.33. The smallest absolute Gasteiger partial charge is 0.259 e. The summed E-state index contributed by atoms with van der Waals surface area (Å²) >= 11 is 1.58. The molecule has 3 heterocycles. The van der Waals surface area contributed by atoms with Gasteiger partial charge in [-0.2, -0.15) is 0 Å². The van der Waals surface area contributed by atoms with Crippen molar-refractivity contribution in [2.24, 2.45) is 5.92 Å². The number of aromatic nitrogens is 2. The molecule has 0 bridgehead atoms. The predicted octanol–water partition coefficient (Wildman–Crippen LogP) is 5.20. The quantitative estimate of drug-likeness (QED) is 0.619. The number of thiophene rings is 1. The zero-order valence-corrected chi connectivity index (χ0v) is 16.5. The molecule has 138 valence electrons. The first-order valence-corrected chi connectivity index (χ1v) is 9.95. The highest BCUT2D eigenvalue weighted by Crippen LogP contribution is 2.29. The zero-order valence-electron chi connectivity index (χ0n) is 15.7. The van der Waals surface area contributed by atoms with Crippen molar-refractivity contribution in [3.8, 4) is 10.6 Å². The fraction of sp³-hybridized carbons (Fsp3) is 0.450. The number of fused-ring (bicyclic) bond motifs is 1. The molecule has 0 aromatic carbocycles. The molecule has 0 aliphatic carbocycles. The summed E-state index contributed by atoms with van der Waals surface area (Å²) in [5.74, 6) is 0.587. The molecule has 1 unspecified atom stereocenters. The lowest BCUT2D eigenvalue weighted by Crippen LogP contribution is -2.32. The number of nitrogens with one attached hydrogen (secondary N) is 1. The number of carbonyl (C=O) groups excluding carboxylic acids is 1. The number of rotatable bonds is 7. The van der Waals surface area contributed by atoms with E-state index < -0.39 is 0 Å². The van der Waals surface area contributed by atoms with Gasteiger partial charge in [0.15, 0.2) is 0 Å². The molecule has 0 fully saturated rings. The van der Waals surface area contributed by atoms with Crippen molar-refractivity contribution in [3.63, 3.8) is 0 Å². The number of nitrogens with zero attached hydrogens (tertiary/aromatic N) is 2. The highest BCUT2D eigenvalue weighted by molar-refractivity contribution is 7.13. The van der Waals surface area contributed by atoms with E-state index in [0.717, 1.165) is 23.4 Å². The summed E-state index contributed by atoms with van der Waals surface area (Å²) in [6, 6.07) is 5.91. The summed E-state index contributed by atoms with van der Waals surface area (Å²) in [7, 11) is 0. The van der Waals surface area contributed by atoms with Gasteiger partial charge in [-0.05, 0) is 43.7 Å². The van der Waals surface area contributed by atoms with Gasteiger partial charge in [-0.1, -0.05) is 37.9 Å². The third-order valence-electron chi connectivity index (χ3n) is 4.43. The average molecular weight is 372 g/mol. The molecule has 0 spiro atoms. The zero-order chi connectivity index (χ0) is 18.7. The maximum atomic E-state index is 12.9. The number of hydrogen-bond donors (Lipinski definition) is 1. The Balaban J connectivity index is 1.85. The standard InChI is InChI=1S/C20H25N3O2S/c1-12(2)7-5-8-13(3)21-19(24)15-11-16(17-9-6-10-26-17)22-20-18(15)14(4)23-25-20/h6,9-13H,5,7-8H2,1-4H3,(H,21,24). The molecule has 6 heteroatoms. The van der Waals surface area contributed by atoms with Gasteiger partial charge in [-0.15, -0.1) is 11.3 Å². The summed E-state index contributed by atoms with van der Waals surface area (Å²) < 4.78 is 5.34. The first kappa shape index (κ1) is 18.6. The lowest BCUT2D eigenvalue weighted by atomic mass is 10.0. The van der Waals surface area contributed by atoms with Gasteiger partial charge in [-0.3, -0.25) is 4.79 Å². The molecule has 0 radical (unpaired) electrons. The van der Waals surface area contributed by atoms with Gasteiger partial charge in [0, 0.05) is 6.04 Å². The van der Waals surface area contributed by atoms with Crippen LogP contribution in [-0.4, -0.2) is 22.1 Å². The molecule has 0 saturated carbocycles. The Bertz CT molecular complexity index is 884. The Hall–Kier alpha value is -2.21. The summed E-state index contributed by atoms with van der Waals surface area (Å²) in [4.78, 5) is 18.5. The van der Waals surface area contributed by atoms with E-state index in [-0.39, 0.29) is 11.9 Å². The third-order valence-corrected chi connectivity index (χ3v) is 5.32. The lowest BCUT2D eigenvalue weighted by molar-refractivity contribution is 0.0939. The van der Waals surface area contributed by atoms with E-state index in [1.807, 2.05) is 30.5 Å². The second-order valence-corrected chi connectivity index (χ2v) is 8.13. The van der Waals surface area contributed by atoms with Crippen molar-refractivity contribution in [2.45, 2.75) is 53.0 Å². The lowest BCUT2D eigenvalue weighted by Gasteiger charge is -2.15. The van der Waals surface area contributed by atoms with Crippen LogP contribution >= 0.6 is 11.3 Å². The van der Waals surface area contributed by atoms with Crippen LogP contribution in [0.15, 0.2) is 28.1 Å². The molecule has 26 heavy (non-hydrogen) atoms. The van der Waals surface area contributed by atoms with E-state index in [1.54, 1.807) is 11.3 Å². The Morgan fingerprint density at radius 1 is 1.31 bits per heavy atom. The third kappa shape index (κ3) is 4.12. The van der Waals surface area contributed by atoms with Crippen LogP contribution in [0.5, 0.6) is 0 Å². The molecular formula is C20H25N3O2S. The average Bonchev–Trinajstić information content (AvgIpc) is 3.24. The van der Waals surface area contributed by atoms with Gasteiger partial charge in [0.25, 0.3) is 11.6 Å². The van der Waals surface area contributed by atoms with Crippen LogP contribution < -0.4 is 5.32 Å². The largest absolute Gasteiger partial charge is 0.350 e. The summed E-state index contributed by atoms with van der Waals surface area (Å²) in [5.41, 5.74) is 2.41. The summed E-state index contributed by atoms with van der Waals surface area (Å²) in [5, 5.41) is 9.80. The molecule has 3 aromatic rings. The molecule has 3 aromatic heterocycles. The maximum absolute atomic E-state index is 12.9. The Morgan fingerprint density at radius 3 is 2.81 bits per heavy atom. The Morgan fingerprint density at radius 2 is 2.12 bits per heavy atom. The van der Waals surface area contributed by atoms with Crippen LogP contribution in [-0.2, 0) is 0 Å². The predicted molar refractivity (Wildman–Crippen MR) is 105 cm³/mol. The first-order chi connectivity index (χ1) is 12.5. The molecule has 0 saturated heterocycles. The van der Waals surface area contributed by atoms with Crippen molar-refractivity contribution in [2.75, 3.05) is 0 Å². The Kier molecular flexibility index (Phi) is 5.71. The van der Waals surface area contributed by atoms with Gasteiger partial charge in [-0.25, -0.2) is 4.98 Å². The van der Waals surface area contributed by atoms with Gasteiger partial charge in [0.2, 0.25) is 0 Å². The number of carbonyl (C=O) groups is 1. The minimum Gasteiger partial charge on any atom is -0.350 e. The molecule has 0 aliphatic heterocycles. The van der Waals surface area contributed by atoms with Gasteiger partial charge >= 0.3 is 0 Å². The van der Waals surface area contributed by atoms with Crippen molar-refractivity contribution in [3.05, 3.63) is 34.8 Å². The van der Waals surface area contributed by atoms with Gasteiger partial charge < -0.3 is 9.84 Å². The fourth-order valence-corrected chi connectivity index (χ4v) is 3.72. The van der Waals surface area contributed by atoms with Gasteiger partial charge in [0.1, 0.15) is 0 Å². The highest BCUT2D eigenvalue weighted by atomic mass is 32.1. The van der Waals surface area contributed by atoms with Crippen LogP contribution in [0.1, 0.15) is 56.1 Å². The van der Waals surface area contributed by atoms with Crippen LogP contribution in [0, 0.1) is 12.8 Å². The normalized spacial score (nSPS) is 12.7. The van der Waals surface area contributed by atoms with E-state index in [2.05, 4.69) is 36.2 Å². The van der Waals surface area contributed by atoms with E-state index >= 15 is 0 Å². The molecular weight excluding hydrogens is 346 g/mol. The van der Waals surface area contributed by atoms with Crippen LogP contribution in [0.25, 0.3) is 21.7 Å². The first-order valence-electron chi connectivity index (χ1n) is 9.07. The fourth-order valence-electron chi connectivity index (χ4n) is 3.03. The Labute approximate surface area is 157 Å². The summed E-state index contributed by atoms with van der Waals surface area (Å²) in [6.07, 6.45) is 3.25. The van der Waals surface area contributed by atoms with Crippen molar-refractivity contribution in [1.29, 1.82) is 0 Å². The van der Waals surface area contributed by atoms with E-state index in [9.17, 15) is 4.79 Å². The minimum absolute atomic E-state index is 0.0986. The number of aryl methyl sites for hydroxylation is 1. The van der Waals surface area contributed by atoms with Crippen molar-refractivity contribution < 1.29 is 9.32 Å². The molecule has 1 amide bonds. The molecule has 1 N–H and O–H groups in total. The monoisotopic (exact) mass is 371 g/mol. The van der Waals surface area contributed by atoms with E-state index in [0.29, 0.717) is 28.3 Å². The number of hydrogen-bond acceptors (Lipinski definition) is 5. The minimum atomic E-state index is -0.0986. The van der Waals surface area contributed by atoms with E-state index in [4.69, 9.17) is 4.52 Å². The van der Waals surface area contributed by atoms with Crippen LogP contribution in [0.4, 0.5) is 0 Å². The van der Waals surface area contributed by atoms with Crippen molar-refractivity contribution in [1.82, 2.24) is 15.5 Å². The van der Waals surface area contributed by atoms with Crippen molar-refractivity contribution >= 4 is 28.3 Å². The molecule has 3 rings (SSSR count). The topological polar surface area (TPSA) is 68.0 Å². The number of amides is 1. The second kappa shape index (κ2) is 7.99. The maximum Gasteiger partial charge on any atom is 0.259 e. The molecule has 5 nitrogen and oxygen atoms in total. The highest BCUT2D eigenvalue weighted by Gasteiger charge is 2.20. The van der Waals surface area contributed by atoms with Crippen LogP contribution in [0.3, 0.4) is 0 Å². The van der Waals surface area contributed by atoms with Crippen LogP contribution in [0.2, 0.25) is 0 Å². The number of pyridine rings is 1. The van der Waals surface area contributed by atoms with Gasteiger partial charge in [0.05, 0.1) is 27.2 Å². The molecule has 0 aliphatic rings. The van der Waals surface area contributed by atoms with E-state index in [1.165, 1.54) is 6.42 Å². The SMILES string of the molecule is Cc1noc2nc(-c3cccs3)cc(C(=O)NC(C)CCCC(C)C)c12. The second-order valence-electron chi connectivity index (χ2n) is 7.18.